The Kier molecular flexibility index (Phi) is 5.85. The van der Waals surface area contributed by atoms with Gasteiger partial charge in [0.05, 0.1) is 30.3 Å². The number of dihydropyridines is 1. The van der Waals surface area contributed by atoms with Gasteiger partial charge < -0.3 is 35.0 Å². The minimum absolute atomic E-state index is 0.201. The largest absolute Gasteiger partial charge is 0.450 e. The van der Waals surface area contributed by atoms with Crippen LogP contribution in [0.1, 0.15) is 43.2 Å². The van der Waals surface area contributed by atoms with Gasteiger partial charge in [-0.2, -0.15) is 4.98 Å². The molecule has 3 aromatic heterocycles. The van der Waals surface area contributed by atoms with Crippen molar-refractivity contribution >= 4 is 40.6 Å². The Hall–Kier alpha value is -3.89. The number of aryl methyl sites for hydroxylation is 1. The summed E-state index contributed by atoms with van der Waals surface area (Å²) < 4.78 is 9.31. The lowest BCUT2D eigenvalue weighted by Gasteiger charge is -2.34. The Bertz CT molecular complexity index is 1560. The van der Waals surface area contributed by atoms with Crippen molar-refractivity contribution in [2.75, 3.05) is 5.32 Å². The SMILES string of the molecule is Cn1c(Nc2cc(C3CC3)cn([C@@H]3CC[C@@H]3O)c2=O)nc2ncc(O/C(C=N)=C3\C=CC=CN3)c(Cl)c21. The first-order valence-electron chi connectivity index (χ1n) is 12.2. The number of imidazole rings is 1. The molecule has 0 aromatic carbocycles. The van der Waals surface area contributed by atoms with E-state index < -0.39 is 6.10 Å². The van der Waals surface area contributed by atoms with Crippen molar-refractivity contribution in [3.8, 4) is 5.75 Å². The smallest absolute Gasteiger partial charge is 0.274 e. The van der Waals surface area contributed by atoms with E-state index in [1.165, 1.54) is 6.20 Å². The number of nitrogens with one attached hydrogen (secondary N) is 3. The summed E-state index contributed by atoms with van der Waals surface area (Å²) in [6.45, 7) is 0. The van der Waals surface area contributed by atoms with Crippen LogP contribution in [0.25, 0.3) is 11.2 Å². The Labute approximate surface area is 217 Å². The van der Waals surface area contributed by atoms with Gasteiger partial charge in [-0.05, 0) is 55.4 Å². The highest BCUT2D eigenvalue weighted by molar-refractivity contribution is 6.36. The van der Waals surface area contributed by atoms with Crippen molar-refractivity contribution in [2.45, 2.75) is 43.7 Å². The van der Waals surface area contributed by atoms with Gasteiger partial charge >= 0.3 is 0 Å². The lowest BCUT2D eigenvalue weighted by Crippen LogP contribution is -2.39. The van der Waals surface area contributed by atoms with Crippen LogP contribution in [0.4, 0.5) is 11.6 Å². The summed E-state index contributed by atoms with van der Waals surface area (Å²) in [7, 11) is 1.78. The molecule has 0 radical (unpaired) electrons. The zero-order valence-electron chi connectivity index (χ0n) is 20.1. The molecule has 0 saturated heterocycles. The van der Waals surface area contributed by atoms with Crippen LogP contribution in [0, 0.1) is 5.41 Å². The summed E-state index contributed by atoms with van der Waals surface area (Å²) in [6, 6.07) is 1.68. The number of aliphatic hydroxyl groups excluding tert-OH is 1. The number of nitrogens with zero attached hydrogens (tertiary/aromatic N) is 4. The van der Waals surface area contributed by atoms with Crippen LogP contribution in [-0.4, -0.2) is 36.5 Å². The molecule has 10 nitrogen and oxygen atoms in total. The Morgan fingerprint density at radius 3 is 2.81 bits per heavy atom. The number of fused-ring (bicyclic) bond motifs is 1. The van der Waals surface area contributed by atoms with Gasteiger partial charge in [0.2, 0.25) is 5.95 Å². The summed E-state index contributed by atoms with van der Waals surface area (Å²) in [5.74, 6) is 1.39. The lowest BCUT2D eigenvalue weighted by molar-refractivity contribution is 0.0299. The summed E-state index contributed by atoms with van der Waals surface area (Å²) in [5, 5.41) is 24.5. The van der Waals surface area contributed by atoms with Crippen LogP contribution in [0.5, 0.6) is 5.75 Å². The highest BCUT2D eigenvalue weighted by atomic mass is 35.5. The Morgan fingerprint density at radius 1 is 1.32 bits per heavy atom. The summed E-state index contributed by atoms with van der Waals surface area (Å²) >= 11 is 6.72. The third-order valence-electron chi connectivity index (χ3n) is 7.05. The Balaban J connectivity index is 1.36. The van der Waals surface area contributed by atoms with Gasteiger partial charge in [-0.1, -0.05) is 17.7 Å². The molecule has 0 bridgehead atoms. The van der Waals surface area contributed by atoms with E-state index in [-0.39, 0.29) is 28.1 Å². The van der Waals surface area contributed by atoms with E-state index in [1.54, 1.807) is 28.5 Å². The first-order valence-corrected chi connectivity index (χ1v) is 12.6. The zero-order chi connectivity index (χ0) is 25.7. The second-order valence-corrected chi connectivity index (χ2v) is 9.88. The van der Waals surface area contributed by atoms with E-state index in [0.29, 0.717) is 40.8 Å². The number of hydrogen-bond donors (Lipinski definition) is 4. The molecule has 2 aliphatic carbocycles. The monoisotopic (exact) mass is 519 g/mol. The molecule has 190 valence electrons. The fourth-order valence-electron chi connectivity index (χ4n) is 4.63. The van der Waals surface area contributed by atoms with Crippen molar-refractivity contribution in [2.24, 2.45) is 7.05 Å². The van der Waals surface area contributed by atoms with Crippen LogP contribution in [0.3, 0.4) is 0 Å². The summed E-state index contributed by atoms with van der Waals surface area (Å²) in [4.78, 5) is 22.3. The maximum absolute atomic E-state index is 13.3. The predicted molar refractivity (Wildman–Crippen MR) is 142 cm³/mol. The highest BCUT2D eigenvalue weighted by Gasteiger charge is 2.33. The molecule has 37 heavy (non-hydrogen) atoms. The molecular formula is C26H26ClN7O3. The van der Waals surface area contributed by atoms with E-state index in [9.17, 15) is 9.90 Å². The van der Waals surface area contributed by atoms with E-state index in [4.69, 9.17) is 21.7 Å². The average Bonchev–Trinajstić information content (AvgIpc) is 3.70. The fourth-order valence-corrected chi connectivity index (χ4v) is 4.93. The minimum atomic E-state index is -0.506. The second kappa shape index (κ2) is 9.20. The van der Waals surface area contributed by atoms with Gasteiger partial charge in [0.15, 0.2) is 17.2 Å². The topological polar surface area (TPSA) is 130 Å². The fraction of sp³-hybridized carbons (Fsp3) is 0.308. The molecule has 0 unspecified atom stereocenters. The molecule has 4 N–H and O–H groups in total. The molecule has 2 saturated carbocycles. The molecule has 2 fully saturated rings. The standard InChI is InChI=1S/C26H26ClN7O3/c1-33-23-22(27)21(37-20(11-28)16-4-2-3-9-29-16)12-30-24(23)32-26(33)31-17-10-15(14-5-6-14)13-34(25(17)36)18-7-8-19(18)35/h2-4,9-14,18-19,28-29,35H,5-8H2,1H3,(H,30,31,32)/b20-16+,28-11?/t18-,19+/m1/s1. The highest BCUT2D eigenvalue weighted by Crippen LogP contribution is 2.42. The van der Waals surface area contributed by atoms with Gasteiger partial charge in [-0.3, -0.25) is 4.79 Å². The first kappa shape index (κ1) is 23.5. The normalized spacial score (nSPS) is 21.9. The number of aliphatic hydroxyl groups is 1. The van der Waals surface area contributed by atoms with Crippen molar-refractivity contribution in [1.82, 2.24) is 24.4 Å². The van der Waals surface area contributed by atoms with Crippen molar-refractivity contribution in [1.29, 1.82) is 5.41 Å². The first-order chi connectivity index (χ1) is 17.9. The quantitative estimate of drug-likeness (QED) is 0.274. The minimum Gasteiger partial charge on any atom is -0.450 e. The van der Waals surface area contributed by atoms with Crippen molar-refractivity contribution in [3.63, 3.8) is 0 Å². The van der Waals surface area contributed by atoms with Gasteiger partial charge in [-0.25, -0.2) is 4.98 Å². The molecule has 1 aliphatic heterocycles. The zero-order valence-corrected chi connectivity index (χ0v) is 20.9. The molecule has 3 aromatic rings. The molecule has 0 spiro atoms. The summed E-state index contributed by atoms with van der Waals surface area (Å²) in [6.07, 6.45) is 14.8. The third-order valence-corrected chi connectivity index (χ3v) is 7.41. The van der Waals surface area contributed by atoms with Crippen LogP contribution in [-0.2, 0) is 7.05 Å². The molecule has 11 heteroatoms. The van der Waals surface area contributed by atoms with E-state index in [0.717, 1.165) is 31.0 Å². The predicted octanol–water partition coefficient (Wildman–Crippen LogP) is 4.01. The molecular weight excluding hydrogens is 494 g/mol. The van der Waals surface area contributed by atoms with E-state index in [2.05, 4.69) is 20.6 Å². The number of aromatic nitrogens is 4. The number of ether oxygens (including phenoxy) is 1. The van der Waals surface area contributed by atoms with E-state index >= 15 is 0 Å². The van der Waals surface area contributed by atoms with Crippen LogP contribution < -0.4 is 20.9 Å². The number of hydrogen-bond acceptors (Lipinski definition) is 8. The van der Waals surface area contributed by atoms with Crippen LogP contribution >= 0.6 is 11.6 Å². The van der Waals surface area contributed by atoms with Gasteiger partial charge in [0.25, 0.3) is 5.56 Å². The lowest BCUT2D eigenvalue weighted by atomic mass is 9.88. The number of halogens is 1. The molecule has 3 aliphatic rings. The molecule has 0 amide bonds. The molecule has 2 atom stereocenters. The number of anilines is 2. The van der Waals surface area contributed by atoms with Gasteiger partial charge in [0, 0.05) is 19.4 Å². The number of pyridine rings is 2. The maximum atomic E-state index is 13.3. The van der Waals surface area contributed by atoms with Crippen molar-refractivity contribution in [3.05, 3.63) is 75.3 Å². The van der Waals surface area contributed by atoms with Crippen LogP contribution in [0.15, 0.2) is 59.1 Å². The van der Waals surface area contributed by atoms with Crippen molar-refractivity contribution < 1.29 is 9.84 Å². The maximum Gasteiger partial charge on any atom is 0.274 e. The molecule has 6 rings (SSSR count). The average molecular weight is 520 g/mol. The molecule has 4 heterocycles. The third kappa shape index (κ3) is 4.21. The van der Waals surface area contributed by atoms with Gasteiger partial charge in [0.1, 0.15) is 16.2 Å². The Morgan fingerprint density at radius 2 is 2.16 bits per heavy atom. The summed E-state index contributed by atoms with van der Waals surface area (Å²) in [5.41, 5.74) is 2.80. The second-order valence-electron chi connectivity index (χ2n) is 9.50. The number of allylic oxidation sites excluding steroid dienone is 4. The number of rotatable bonds is 7. The van der Waals surface area contributed by atoms with Crippen LogP contribution in [0.2, 0.25) is 5.02 Å². The van der Waals surface area contributed by atoms with Gasteiger partial charge in [-0.15, -0.1) is 0 Å². The van der Waals surface area contributed by atoms with E-state index in [1.807, 2.05) is 24.4 Å².